The molecule has 1 unspecified atom stereocenters. The number of ether oxygens (including phenoxy) is 1. The number of rotatable bonds is 4. The van der Waals surface area contributed by atoms with Gasteiger partial charge < -0.3 is 20.8 Å². The molecular weight excluding hydrogens is 246 g/mol. The van der Waals surface area contributed by atoms with Crippen LogP contribution in [0, 0.1) is 0 Å². The van der Waals surface area contributed by atoms with E-state index in [1.54, 1.807) is 6.20 Å². The standard InChI is InChI=1S/C13H15N3O3/c1-19-13(18)16-11(12(14)17)6-8-7-15-10-5-3-2-4-9(8)10/h2-5,7,11,15H,6H2,1H3,(H2,14,17)(H,16,18). The minimum atomic E-state index is -0.799. The van der Waals surface area contributed by atoms with E-state index in [9.17, 15) is 9.59 Å². The number of alkyl carbamates (subject to hydrolysis) is 1. The maximum atomic E-state index is 11.4. The number of fused-ring (bicyclic) bond motifs is 1. The van der Waals surface area contributed by atoms with Crippen molar-refractivity contribution in [1.82, 2.24) is 10.3 Å². The zero-order valence-electron chi connectivity index (χ0n) is 10.5. The highest BCUT2D eigenvalue weighted by Crippen LogP contribution is 2.19. The van der Waals surface area contributed by atoms with Gasteiger partial charge in [-0.15, -0.1) is 0 Å². The molecule has 0 fully saturated rings. The Bertz CT molecular complexity index is 606. The molecule has 0 radical (unpaired) electrons. The van der Waals surface area contributed by atoms with E-state index in [2.05, 4.69) is 15.0 Å². The van der Waals surface area contributed by atoms with Gasteiger partial charge in [-0.25, -0.2) is 4.79 Å². The predicted molar refractivity (Wildman–Crippen MR) is 70.5 cm³/mol. The lowest BCUT2D eigenvalue weighted by Crippen LogP contribution is -2.45. The first kappa shape index (κ1) is 12.9. The van der Waals surface area contributed by atoms with Crippen LogP contribution in [0.5, 0.6) is 0 Å². The van der Waals surface area contributed by atoms with E-state index in [0.717, 1.165) is 16.5 Å². The predicted octanol–water partition coefficient (Wildman–Crippen LogP) is 0.920. The number of nitrogens with two attached hydrogens (primary N) is 1. The largest absolute Gasteiger partial charge is 0.453 e. The Labute approximate surface area is 109 Å². The molecule has 0 bridgehead atoms. The van der Waals surface area contributed by atoms with Crippen molar-refractivity contribution in [2.75, 3.05) is 7.11 Å². The van der Waals surface area contributed by atoms with Crippen molar-refractivity contribution in [3.05, 3.63) is 36.0 Å². The van der Waals surface area contributed by atoms with Gasteiger partial charge >= 0.3 is 6.09 Å². The van der Waals surface area contributed by atoms with Crippen molar-refractivity contribution < 1.29 is 14.3 Å². The highest BCUT2D eigenvalue weighted by atomic mass is 16.5. The number of amides is 2. The Morgan fingerprint density at radius 1 is 1.42 bits per heavy atom. The summed E-state index contributed by atoms with van der Waals surface area (Å²) in [6.07, 6.45) is 1.44. The molecule has 1 aromatic carbocycles. The monoisotopic (exact) mass is 261 g/mol. The van der Waals surface area contributed by atoms with Gasteiger partial charge in [0.25, 0.3) is 0 Å². The quantitative estimate of drug-likeness (QED) is 0.763. The lowest BCUT2D eigenvalue weighted by Gasteiger charge is -2.13. The molecule has 1 aromatic heterocycles. The SMILES string of the molecule is COC(=O)NC(Cc1c[nH]c2ccccc12)C(N)=O. The molecule has 19 heavy (non-hydrogen) atoms. The van der Waals surface area contributed by atoms with E-state index in [-0.39, 0.29) is 0 Å². The Morgan fingerprint density at radius 3 is 2.84 bits per heavy atom. The highest BCUT2D eigenvalue weighted by Gasteiger charge is 2.20. The Balaban J connectivity index is 2.21. The van der Waals surface area contributed by atoms with Crippen LogP contribution < -0.4 is 11.1 Å². The molecule has 0 spiro atoms. The fraction of sp³-hybridized carbons (Fsp3) is 0.231. The van der Waals surface area contributed by atoms with Gasteiger partial charge in [-0.3, -0.25) is 4.79 Å². The molecule has 1 heterocycles. The number of carbonyl (C=O) groups is 2. The number of methoxy groups -OCH3 is 1. The van der Waals surface area contributed by atoms with Gasteiger partial charge in [-0.1, -0.05) is 18.2 Å². The number of benzene rings is 1. The molecule has 0 aliphatic carbocycles. The summed E-state index contributed by atoms with van der Waals surface area (Å²) in [4.78, 5) is 25.6. The fourth-order valence-corrected chi connectivity index (χ4v) is 1.94. The van der Waals surface area contributed by atoms with Gasteiger partial charge in [0.15, 0.2) is 0 Å². The smallest absolute Gasteiger partial charge is 0.407 e. The lowest BCUT2D eigenvalue weighted by molar-refractivity contribution is -0.119. The molecule has 0 aliphatic rings. The lowest BCUT2D eigenvalue weighted by atomic mass is 10.0. The van der Waals surface area contributed by atoms with Crippen LogP contribution >= 0.6 is 0 Å². The second-order valence-corrected chi connectivity index (χ2v) is 4.15. The van der Waals surface area contributed by atoms with E-state index >= 15 is 0 Å². The first-order chi connectivity index (χ1) is 9.11. The number of hydrogen-bond donors (Lipinski definition) is 3. The van der Waals surface area contributed by atoms with E-state index in [1.165, 1.54) is 7.11 Å². The third-order valence-corrected chi connectivity index (χ3v) is 2.92. The number of hydrogen-bond acceptors (Lipinski definition) is 3. The van der Waals surface area contributed by atoms with Gasteiger partial charge in [0.1, 0.15) is 6.04 Å². The molecule has 0 saturated carbocycles. The summed E-state index contributed by atoms with van der Waals surface area (Å²) < 4.78 is 4.47. The molecule has 100 valence electrons. The maximum absolute atomic E-state index is 11.4. The summed E-state index contributed by atoms with van der Waals surface area (Å²) in [5.41, 5.74) is 7.16. The van der Waals surface area contributed by atoms with Crippen LogP contribution in [-0.2, 0) is 16.0 Å². The van der Waals surface area contributed by atoms with Gasteiger partial charge in [0.2, 0.25) is 5.91 Å². The summed E-state index contributed by atoms with van der Waals surface area (Å²) in [5, 5.41) is 3.42. The third-order valence-electron chi connectivity index (χ3n) is 2.92. The van der Waals surface area contributed by atoms with E-state index in [0.29, 0.717) is 6.42 Å². The molecule has 2 rings (SSSR count). The highest BCUT2D eigenvalue weighted by molar-refractivity contribution is 5.87. The van der Waals surface area contributed by atoms with Crippen molar-refractivity contribution in [3.63, 3.8) is 0 Å². The normalized spacial score (nSPS) is 12.1. The molecule has 0 saturated heterocycles. The zero-order chi connectivity index (χ0) is 13.8. The van der Waals surface area contributed by atoms with Gasteiger partial charge in [-0.05, 0) is 11.6 Å². The Morgan fingerprint density at radius 2 is 2.16 bits per heavy atom. The second-order valence-electron chi connectivity index (χ2n) is 4.15. The number of H-pyrrole nitrogens is 1. The first-order valence-corrected chi connectivity index (χ1v) is 5.80. The first-order valence-electron chi connectivity index (χ1n) is 5.80. The van der Waals surface area contributed by atoms with Crippen LogP contribution in [0.1, 0.15) is 5.56 Å². The van der Waals surface area contributed by atoms with Crippen molar-refractivity contribution in [1.29, 1.82) is 0 Å². The van der Waals surface area contributed by atoms with Crippen molar-refractivity contribution in [2.24, 2.45) is 5.73 Å². The van der Waals surface area contributed by atoms with Crippen molar-refractivity contribution >= 4 is 22.9 Å². The topological polar surface area (TPSA) is 97.2 Å². The van der Waals surface area contributed by atoms with Crippen LogP contribution in [-0.4, -0.2) is 30.1 Å². The average molecular weight is 261 g/mol. The summed E-state index contributed by atoms with van der Waals surface area (Å²) in [6.45, 7) is 0. The second kappa shape index (κ2) is 5.43. The summed E-state index contributed by atoms with van der Waals surface area (Å²) in [6, 6.07) is 6.91. The fourth-order valence-electron chi connectivity index (χ4n) is 1.94. The maximum Gasteiger partial charge on any atom is 0.407 e. The Hall–Kier alpha value is -2.50. The number of nitrogens with one attached hydrogen (secondary N) is 2. The molecular formula is C13H15N3O3. The molecule has 1 atom stereocenters. The minimum Gasteiger partial charge on any atom is -0.453 e. The zero-order valence-corrected chi connectivity index (χ0v) is 10.5. The van der Waals surface area contributed by atoms with Gasteiger partial charge in [0, 0.05) is 23.5 Å². The molecule has 6 heteroatoms. The number of aromatic amines is 1. The summed E-state index contributed by atoms with van der Waals surface area (Å²) in [5.74, 6) is -0.601. The molecule has 0 aliphatic heterocycles. The number of aromatic nitrogens is 1. The van der Waals surface area contributed by atoms with Crippen LogP contribution in [0.15, 0.2) is 30.5 Å². The van der Waals surface area contributed by atoms with Crippen LogP contribution in [0.3, 0.4) is 0 Å². The number of para-hydroxylation sites is 1. The summed E-state index contributed by atoms with van der Waals surface area (Å²) in [7, 11) is 1.24. The molecule has 2 amide bonds. The minimum absolute atomic E-state index is 0.314. The van der Waals surface area contributed by atoms with Crippen molar-refractivity contribution in [3.8, 4) is 0 Å². The van der Waals surface area contributed by atoms with Crippen LogP contribution in [0.25, 0.3) is 10.9 Å². The van der Waals surface area contributed by atoms with Crippen molar-refractivity contribution in [2.45, 2.75) is 12.5 Å². The van der Waals surface area contributed by atoms with Crippen LogP contribution in [0.2, 0.25) is 0 Å². The van der Waals surface area contributed by atoms with Crippen LogP contribution in [0.4, 0.5) is 4.79 Å². The van der Waals surface area contributed by atoms with Gasteiger partial charge in [0.05, 0.1) is 7.11 Å². The van der Waals surface area contributed by atoms with Gasteiger partial charge in [-0.2, -0.15) is 0 Å². The Kier molecular flexibility index (Phi) is 3.70. The third kappa shape index (κ3) is 2.85. The van der Waals surface area contributed by atoms with E-state index < -0.39 is 18.0 Å². The molecule has 4 N–H and O–H groups in total. The molecule has 6 nitrogen and oxygen atoms in total. The van der Waals surface area contributed by atoms with E-state index in [1.807, 2.05) is 24.3 Å². The number of primary amides is 1. The number of carbonyl (C=O) groups excluding carboxylic acids is 2. The van der Waals surface area contributed by atoms with E-state index in [4.69, 9.17) is 5.73 Å². The summed E-state index contributed by atoms with van der Waals surface area (Å²) >= 11 is 0. The average Bonchev–Trinajstić information content (AvgIpc) is 2.81. The molecule has 2 aromatic rings.